The van der Waals surface area contributed by atoms with Gasteiger partial charge in [0.05, 0.1) is 18.9 Å². The number of aromatic amines is 1. The number of rotatable bonds is 3. The molecule has 4 aromatic heterocycles. The Hall–Kier alpha value is -3.74. The zero-order valence-corrected chi connectivity index (χ0v) is 14.6. The van der Waals surface area contributed by atoms with E-state index in [-0.39, 0.29) is 5.69 Å². The molecule has 1 aromatic carbocycles. The lowest BCUT2D eigenvalue weighted by Gasteiger charge is -2.07. The molecule has 132 valence electrons. The van der Waals surface area contributed by atoms with E-state index in [1.165, 1.54) is 0 Å². The first-order chi connectivity index (χ1) is 13.2. The number of nitrogens with zero attached hydrogens (tertiary/aromatic N) is 5. The summed E-state index contributed by atoms with van der Waals surface area (Å²) in [6.45, 7) is 2.49. The Kier molecular flexibility index (Phi) is 3.39. The average Bonchev–Trinajstić information content (AvgIpc) is 3.24. The summed E-state index contributed by atoms with van der Waals surface area (Å²) in [5.74, 6) is 0.527. The zero-order valence-electron chi connectivity index (χ0n) is 14.6. The molecule has 0 aliphatic heterocycles. The van der Waals surface area contributed by atoms with E-state index in [9.17, 15) is 4.79 Å². The molecule has 1 N–H and O–H groups in total. The maximum Gasteiger partial charge on any atom is 0.328 e. The highest BCUT2D eigenvalue weighted by Gasteiger charge is 2.14. The molecule has 0 atom stereocenters. The summed E-state index contributed by atoms with van der Waals surface area (Å²) in [5.41, 5.74) is 4.82. The van der Waals surface area contributed by atoms with Crippen LogP contribution in [0.5, 0.6) is 0 Å². The SMILES string of the molecule is Cc1ccccc1Cn1c(=O)[nH]c2cnc(-c3cnc4ccccn34)nc21. The third-order valence-corrected chi connectivity index (χ3v) is 4.75. The minimum Gasteiger partial charge on any atom is -0.303 e. The van der Waals surface area contributed by atoms with E-state index in [1.807, 2.05) is 60.0 Å². The third kappa shape index (κ3) is 2.52. The van der Waals surface area contributed by atoms with Crippen LogP contribution in [0.1, 0.15) is 11.1 Å². The number of hydrogen-bond donors (Lipinski definition) is 1. The van der Waals surface area contributed by atoms with Crippen LogP contribution in [-0.2, 0) is 6.54 Å². The summed E-state index contributed by atoms with van der Waals surface area (Å²) in [6.07, 6.45) is 5.31. The van der Waals surface area contributed by atoms with Crippen molar-refractivity contribution in [1.29, 1.82) is 0 Å². The lowest BCUT2D eigenvalue weighted by atomic mass is 10.1. The van der Waals surface area contributed by atoms with Gasteiger partial charge in [0.1, 0.15) is 16.9 Å². The van der Waals surface area contributed by atoms with E-state index in [2.05, 4.69) is 19.9 Å². The van der Waals surface area contributed by atoms with Gasteiger partial charge in [0.15, 0.2) is 11.5 Å². The molecule has 0 saturated heterocycles. The predicted octanol–water partition coefficient (Wildman–Crippen LogP) is 2.79. The number of hydrogen-bond acceptors (Lipinski definition) is 4. The van der Waals surface area contributed by atoms with Crippen molar-refractivity contribution in [2.45, 2.75) is 13.5 Å². The number of pyridine rings is 1. The van der Waals surface area contributed by atoms with Crippen LogP contribution in [0.15, 0.2) is 65.8 Å². The predicted molar refractivity (Wildman–Crippen MR) is 103 cm³/mol. The number of nitrogens with one attached hydrogen (secondary N) is 1. The van der Waals surface area contributed by atoms with E-state index in [0.29, 0.717) is 23.5 Å². The Balaban J connectivity index is 1.67. The molecular weight excluding hydrogens is 340 g/mol. The number of H-pyrrole nitrogens is 1. The molecule has 0 unspecified atom stereocenters. The summed E-state index contributed by atoms with van der Waals surface area (Å²) >= 11 is 0. The quantitative estimate of drug-likeness (QED) is 0.539. The summed E-state index contributed by atoms with van der Waals surface area (Å²) in [4.78, 5) is 28.8. The van der Waals surface area contributed by atoms with Crippen molar-refractivity contribution in [1.82, 2.24) is 28.9 Å². The van der Waals surface area contributed by atoms with Crippen molar-refractivity contribution >= 4 is 16.8 Å². The summed E-state index contributed by atoms with van der Waals surface area (Å²) in [6, 6.07) is 13.8. The fourth-order valence-electron chi connectivity index (χ4n) is 3.27. The maximum absolute atomic E-state index is 12.5. The van der Waals surface area contributed by atoms with Crippen LogP contribution in [0.2, 0.25) is 0 Å². The van der Waals surface area contributed by atoms with E-state index in [4.69, 9.17) is 0 Å². The minimum absolute atomic E-state index is 0.196. The van der Waals surface area contributed by atoms with Crippen molar-refractivity contribution in [3.8, 4) is 11.5 Å². The highest BCUT2D eigenvalue weighted by molar-refractivity contribution is 5.72. The van der Waals surface area contributed by atoms with Crippen LogP contribution in [-0.4, -0.2) is 28.9 Å². The van der Waals surface area contributed by atoms with Gasteiger partial charge in [-0.1, -0.05) is 30.3 Å². The number of imidazole rings is 2. The molecule has 7 nitrogen and oxygen atoms in total. The van der Waals surface area contributed by atoms with Gasteiger partial charge >= 0.3 is 5.69 Å². The van der Waals surface area contributed by atoms with Gasteiger partial charge in [-0.3, -0.25) is 8.97 Å². The van der Waals surface area contributed by atoms with Crippen molar-refractivity contribution in [2.24, 2.45) is 0 Å². The zero-order chi connectivity index (χ0) is 18.4. The van der Waals surface area contributed by atoms with Gasteiger partial charge in [0.25, 0.3) is 0 Å². The Bertz CT molecular complexity index is 1340. The van der Waals surface area contributed by atoms with E-state index < -0.39 is 0 Å². The highest BCUT2D eigenvalue weighted by Crippen LogP contribution is 2.19. The van der Waals surface area contributed by atoms with Crippen LogP contribution >= 0.6 is 0 Å². The first-order valence-electron chi connectivity index (χ1n) is 8.63. The molecule has 7 heteroatoms. The van der Waals surface area contributed by atoms with Gasteiger partial charge in [-0.2, -0.15) is 0 Å². The molecule has 0 aliphatic rings. The summed E-state index contributed by atoms with van der Waals surface area (Å²) in [7, 11) is 0. The average molecular weight is 356 g/mol. The van der Waals surface area contributed by atoms with Crippen LogP contribution in [0.25, 0.3) is 28.3 Å². The van der Waals surface area contributed by atoms with Crippen LogP contribution in [0.4, 0.5) is 0 Å². The molecule has 0 bridgehead atoms. The Morgan fingerprint density at radius 3 is 2.78 bits per heavy atom. The van der Waals surface area contributed by atoms with E-state index >= 15 is 0 Å². The second-order valence-electron chi connectivity index (χ2n) is 6.45. The lowest BCUT2D eigenvalue weighted by molar-refractivity contribution is 0.773. The summed E-state index contributed by atoms with van der Waals surface area (Å²) < 4.78 is 3.57. The Labute approximate surface area is 154 Å². The fraction of sp³-hybridized carbons (Fsp3) is 0.100. The largest absolute Gasteiger partial charge is 0.328 e. The fourth-order valence-corrected chi connectivity index (χ4v) is 3.27. The van der Waals surface area contributed by atoms with Gasteiger partial charge in [-0.05, 0) is 30.2 Å². The second-order valence-corrected chi connectivity index (χ2v) is 6.45. The molecule has 0 fully saturated rings. The molecule has 4 heterocycles. The van der Waals surface area contributed by atoms with E-state index in [1.54, 1.807) is 17.0 Å². The molecule has 0 amide bonds. The van der Waals surface area contributed by atoms with Crippen molar-refractivity contribution in [3.05, 3.63) is 82.7 Å². The molecule has 0 aliphatic carbocycles. The standard InChI is InChI=1S/C20H16N6O/c1-13-6-2-3-7-14(13)12-26-19-15(23-20(26)27)10-22-18(24-19)16-11-21-17-8-4-5-9-25(16)17/h2-11H,12H2,1H3,(H,23,27). The van der Waals surface area contributed by atoms with Crippen LogP contribution in [0.3, 0.4) is 0 Å². The molecule has 5 aromatic rings. The Morgan fingerprint density at radius 2 is 1.89 bits per heavy atom. The van der Waals surface area contributed by atoms with E-state index in [0.717, 1.165) is 22.5 Å². The molecule has 0 radical (unpaired) electrons. The number of benzene rings is 1. The lowest BCUT2D eigenvalue weighted by Crippen LogP contribution is -2.18. The number of aryl methyl sites for hydroxylation is 1. The number of fused-ring (bicyclic) bond motifs is 2. The third-order valence-electron chi connectivity index (χ3n) is 4.75. The summed E-state index contributed by atoms with van der Waals surface area (Å²) in [5, 5.41) is 0. The normalized spacial score (nSPS) is 11.4. The van der Waals surface area contributed by atoms with Crippen molar-refractivity contribution in [3.63, 3.8) is 0 Å². The first kappa shape index (κ1) is 15.5. The van der Waals surface area contributed by atoms with Crippen LogP contribution in [0, 0.1) is 6.92 Å². The smallest absolute Gasteiger partial charge is 0.303 e. The highest BCUT2D eigenvalue weighted by atomic mass is 16.1. The maximum atomic E-state index is 12.5. The molecular formula is C20H16N6O. The van der Waals surface area contributed by atoms with Crippen molar-refractivity contribution < 1.29 is 0 Å². The monoisotopic (exact) mass is 356 g/mol. The molecule has 0 spiro atoms. The number of aromatic nitrogens is 6. The van der Waals surface area contributed by atoms with Crippen LogP contribution < -0.4 is 5.69 Å². The molecule has 0 saturated carbocycles. The van der Waals surface area contributed by atoms with Gasteiger partial charge in [0, 0.05) is 6.20 Å². The second kappa shape index (κ2) is 5.91. The first-order valence-corrected chi connectivity index (χ1v) is 8.63. The topological polar surface area (TPSA) is 80.9 Å². The van der Waals surface area contributed by atoms with Crippen molar-refractivity contribution in [2.75, 3.05) is 0 Å². The molecule has 27 heavy (non-hydrogen) atoms. The van der Waals surface area contributed by atoms with Gasteiger partial charge in [0.2, 0.25) is 0 Å². The minimum atomic E-state index is -0.196. The van der Waals surface area contributed by atoms with Gasteiger partial charge in [-0.15, -0.1) is 0 Å². The van der Waals surface area contributed by atoms with Gasteiger partial charge in [-0.25, -0.2) is 19.7 Å². The van der Waals surface area contributed by atoms with Gasteiger partial charge < -0.3 is 4.98 Å². The molecule has 5 rings (SSSR count). The Morgan fingerprint density at radius 1 is 1.04 bits per heavy atom.